The van der Waals surface area contributed by atoms with Crippen LogP contribution < -0.4 is 0 Å². The summed E-state index contributed by atoms with van der Waals surface area (Å²) in [7, 11) is 0. The molecule has 80 valence electrons. The van der Waals surface area contributed by atoms with E-state index in [0.29, 0.717) is 0 Å². The lowest BCUT2D eigenvalue weighted by molar-refractivity contribution is 1.64. The van der Waals surface area contributed by atoms with E-state index in [4.69, 9.17) is 23.2 Å². The normalized spacial score (nSPS) is 10.9. The zero-order valence-corrected chi connectivity index (χ0v) is 10.0. The fourth-order valence-electron chi connectivity index (χ4n) is 1.34. The molecule has 0 bridgehead atoms. The molecule has 0 saturated heterocycles. The summed E-state index contributed by atoms with van der Waals surface area (Å²) in [4.78, 5) is 0. The van der Waals surface area contributed by atoms with Crippen molar-refractivity contribution in [3.63, 3.8) is 0 Å². The van der Waals surface area contributed by atoms with Gasteiger partial charge in [0.25, 0.3) is 0 Å². The largest absolute Gasteiger partial charge is 0.0843 e. The maximum atomic E-state index is 5.81. The predicted octanol–water partition coefficient (Wildman–Crippen LogP) is 5.16. The quantitative estimate of drug-likeness (QED) is 0.644. The molecule has 0 amide bonds. The Hall–Kier alpha value is -1.24. The molecule has 16 heavy (non-hydrogen) atoms. The van der Waals surface area contributed by atoms with E-state index in [1.54, 1.807) is 0 Å². The van der Waals surface area contributed by atoms with E-state index >= 15 is 0 Å². The van der Waals surface area contributed by atoms with Crippen LogP contribution in [0.5, 0.6) is 0 Å². The van der Waals surface area contributed by atoms with Gasteiger partial charge in [0.15, 0.2) is 0 Å². The van der Waals surface area contributed by atoms with Crippen molar-refractivity contribution < 1.29 is 0 Å². The van der Waals surface area contributed by atoms with Gasteiger partial charge in [-0.2, -0.15) is 0 Å². The van der Waals surface area contributed by atoms with Crippen LogP contribution >= 0.6 is 23.2 Å². The molecule has 0 heterocycles. The highest BCUT2D eigenvalue weighted by molar-refractivity contribution is 6.30. The van der Waals surface area contributed by atoms with Gasteiger partial charge >= 0.3 is 0 Å². The maximum absolute atomic E-state index is 5.81. The van der Waals surface area contributed by atoms with Gasteiger partial charge < -0.3 is 0 Å². The molecule has 2 aromatic carbocycles. The number of hydrogen-bond acceptors (Lipinski definition) is 0. The SMILES string of the molecule is Clc1ccc(/C=C\c2ccc(Cl)cc2)cc1. The molecule has 0 spiro atoms. The Morgan fingerprint density at radius 3 is 1.19 bits per heavy atom. The molecule has 0 saturated carbocycles. The van der Waals surface area contributed by atoms with Crippen molar-refractivity contribution in [2.45, 2.75) is 0 Å². The fraction of sp³-hybridized carbons (Fsp3) is 0. The van der Waals surface area contributed by atoms with Gasteiger partial charge in [0.1, 0.15) is 0 Å². The van der Waals surface area contributed by atoms with Gasteiger partial charge in [-0.15, -0.1) is 0 Å². The van der Waals surface area contributed by atoms with E-state index in [-0.39, 0.29) is 0 Å². The molecule has 0 aliphatic carbocycles. The van der Waals surface area contributed by atoms with Crippen molar-refractivity contribution >= 4 is 35.4 Å². The van der Waals surface area contributed by atoms with Gasteiger partial charge in [0.05, 0.1) is 0 Å². The third-order valence-electron chi connectivity index (χ3n) is 2.21. The second-order valence-corrected chi connectivity index (χ2v) is 4.31. The van der Waals surface area contributed by atoms with E-state index in [9.17, 15) is 0 Å². The zero-order valence-electron chi connectivity index (χ0n) is 8.53. The monoisotopic (exact) mass is 248 g/mol. The van der Waals surface area contributed by atoms with Gasteiger partial charge in [-0.3, -0.25) is 0 Å². The molecule has 0 atom stereocenters. The van der Waals surface area contributed by atoms with Crippen LogP contribution in [0.4, 0.5) is 0 Å². The summed E-state index contributed by atoms with van der Waals surface area (Å²) in [6.45, 7) is 0. The Morgan fingerprint density at radius 1 is 0.562 bits per heavy atom. The second-order valence-electron chi connectivity index (χ2n) is 3.44. The van der Waals surface area contributed by atoms with Crippen LogP contribution in [0.15, 0.2) is 48.5 Å². The van der Waals surface area contributed by atoms with Crippen molar-refractivity contribution in [2.75, 3.05) is 0 Å². The number of benzene rings is 2. The van der Waals surface area contributed by atoms with Crippen molar-refractivity contribution in [2.24, 2.45) is 0 Å². The average Bonchev–Trinajstić information content (AvgIpc) is 2.30. The number of hydrogen-bond donors (Lipinski definition) is 0. The Kier molecular flexibility index (Phi) is 3.66. The summed E-state index contributed by atoms with van der Waals surface area (Å²) in [6.07, 6.45) is 4.08. The molecule has 0 unspecified atom stereocenters. The molecule has 2 aromatic rings. The van der Waals surface area contributed by atoms with Crippen molar-refractivity contribution in [1.82, 2.24) is 0 Å². The lowest BCUT2D eigenvalue weighted by Crippen LogP contribution is -1.72. The molecule has 0 N–H and O–H groups in total. The highest BCUT2D eigenvalue weighted by Gasteiger charge is 1.89. The summed E-state index contributed by atoms with van der Waals surface area (Å²) >= 11 is 11.6. The Labute approximate surface area is 105 Å². The van der Waals surface area contributed by atoms with Gasteiger partial charge in [-0.05, 0) is 35.4 Å². The first-order valence-electron chi connectivity index (χ1n) is 4.93. The molecule has 0 aliphatic rings. The molecule has 0 aliphatic heterocycles. The lowest BCUT2D eigenvalue weighted by Gasteiger charge is -1.95. The molecule has 2 heteroatoms. The Bertz CT molecular complexity index is 434. The highest BCUT2D eigenvalue weighted by Crippen LogP contribution is 2.14. The molecule has 2 rings (SSSR count). The molecular weight excluding hydrogens is 239 g/mol. The molecule has 0 fully saturated rings. The van der Waals surface area contributed by atoms with Crippen LogP contribution in [0.1, 0.15) is 11.1 Å². The van der Waals surface area contributed by atoms with Gasteiger partial charge in [0.2, 0.25) is 0 Å². The van der Waals surface area contributed by atoms with Crippen LogP contribution in [0.2, 0.25) is 10.0 Å². The summed E-state index contributed by atoms with van der Waals surface area (Å²) in [5.41, 5.74) is 2.25. The topological polar surface area (TPSA) is 0 Å². The third-order valence-corrected chi connectivity index (χ3v) is 2.71. The van der Waals surface area contributed by atoms with Crippen LogP contribution in [0.25, 0.3) is 12.2 Å². The zero-order chi connectivity index (χ0) is 11.4. The smallest absolute Gasteiger partial charge is 0.0406 e. The molecule has 0 radical (unpaired) electrons. The first-order chi connectivity index (χ1) is 7.74. The van der Waals surface area contributed by atoms with Gasteiger partial charge in [0, 0.05) is 10.0 Å². The summed E-state index contributed by atoms with van der Waals surface area (Å²) in [6, 6.07) is 15.4. The van der Waals surface area contributed by atoms with E-state index in [1.807, 2.05) is 60.7 Å². The first kappa shape index (κ1) is 11.3. The standard InChI is InChI=1S/C14H10Cl2/c15-13-7-3-11(4-8-13)1-2-12-5-9-14(16)10-6-12/h1-10H/b2-1-. The maximum Gasteiger partial charge on any atom is 0.0406 e. The molecule has 0 nitrogen and oxygen atoms in total. The van der Waals surface area contributed by atoms with Crippen LogP contribution in [-0.4, -0.2) is 0 Å². The van der Waals surface area contributed by atoms with Crippen molar-refractivity contribution in [1.29, 1.82) is 0 Å². The van der Waals surface area contributed by atoms with Crippen LogP contribution in [0, 0.1) is 0 Å². The minimum atomic E-state index is 0.753. The van der Waals surface area contributed by atoms with E-state index in [1.165, 1.54) is 0 Å². The predicted molar refractivity (Wildman–Crippen MR) is 71.8 cm³/mol. The average molecular weight is 249 g/mol. The molecule has 0 aromatic heterocycles. The van der Waals surface area contributed by atoms with E-state index in [2.05, 4.69) is 0 Å². The van der Waals surface area contributed by atoms with E-state index < -0.39 is 0 Å². The number of rotatable bonds is 2. The van der Waals surface area contributed by atoms with E-state index in [0.717, 1.165) is 21.2 Å². The minimum Gasteiger partial charge on any atom is -0.0843 e. The summed E-state index contributed by atoms with van der Waals surface area (Å²) < 4.78 is 0. The van der Waals surface area contributed by atoms with Crippen molar-refractivity contribution in [3.8, 4) is 0 Å². The van der Waals surface area contributed by atoms with Crippen LogP contribution in [0.3, 0.4) is 0 Å². The van der Waals surface area contributed by atoms with Gasteiger partial charge in [-0.1, -0.05) is 59.6 Å². The summed E-state index contributed by atoms with van der Waals surface area (Å²) in [5.74, 6) is 0. The molecular formula is C14H10Cl2. The summed E-state index contributed by atoms with van der Waals surface area (Å²) in [5, 5.41) is 1.51. The lowest BCUT2D eigenvalue weighted by atomic mass is 10.1. The van der Waals surface area contributed by atoms with Crippen molar-refractivity contribution in [3.05, 3.63) is 69.7 Å². The Morgan fingerprint density at radius 2 is 0.875 bits per heavy atom. The number of halogens is 2. The van der Waals surface area contributed by atoms with Crippen LogP contribution in [-0.2, 0) is 0 Å². The Balaban J connectivity index is 2.15. The first-order valence-corrected chi connectivity index (χ1v) is 5.69. The second kappa shape index (κ2) is 5.20. The fourth-order valence-corrected chi connectivity index (χ4v) is 1.59. The highest BCUT2D eigenvalue weighted by atomic mass is 35.5. The third kappa shape index (κ3) is 3.13. The van der Waals surface area contributed by atoms with Gasteiger partial charge in [-0.25, -0.2) is 0 Å². The minimum absolute atomic E-state index is 0.753.